The first-order valence-electron chi connectivity index (χ1n) is 7.47. The minimum atomic E-state index is 0.724. The van der Waals surface area contributed by atoms with Gasteiger partial charge in [-0.1, -0.05) is 31.0 Å². The minimum absolute atomic E-state index is 0.724. The second kappa shape index (κ2) is 7.87. The Kier molecular flexibility index (Phi) is 6.14. The van der Waals surface area contributed by atoms with E-state index in [-0.39, 0.29) is 0 Å². The first kappa shape index (κ1) is 15.6. The Hall–Kier alpha value is -0.770. The van der Waals surface area contributed by atoms with E-state index in [0.29, 0.717) is 0 Å². The van der Waals surface area contributed by atoms with Gasteiger partial charge in [-0.2, -0.15) is 0 Å². The van der Waals surface area contributed by atoms with Gasteiger partial charge in [-0.3, -0.25) is 0 Å². The number of halogens is 1. The van der Waals surface area contributed by atoms with Crippen molar-refractivity contribution in [1.82, 2.24) is 5.32 Å². The third-order valence-corrected chi connectivity index (χ3v) is 4.42. The van der Waals surface area contributed by atoms with Crippen LogP contribution in [0, 0.1) is 5.92 Å². The molecule has 0 aromatic heterocycles. The van der Waals surface area contributed by atoms with Crippen molar-refractivity contribution >= 4 is 17.3 Å². The van der Waals surface area contributed by atoms with Crippen LogP contribution in [0.25, 0.3) is 0 Å². The van der Waals surface area contributed by atoms with Crippen LogP contribution in [0.5, 0.6) is 0 Å². The molecule has 3 nitrogen and oxygen atoms in total. The van der Waals surface area contributed by atoms with Gasteiger partial charge in [0.15, 0.2) is 0 Å². The highest BCUT2D eigenvalue weighted by Crippen LogP contribution is 2.29. The molecular formula is C16H25ClN2O. The van der Waals surface area contributed by atoms with Crippen molar-refractivity contribution < 1.29 is 4.74 Å². The molecule has 0 radical (unpaired) electrons. The zero-order chi connectivity index (χ0) is 14.4. The van der Waals surface area contributed by atoms with Gasteiger partial charge in [0.2, 0.25) is 0 Å². The van der Waals surface area contributed by atoms with Crippen molar-refractivity contribution in [2.24, 2.45) is 5.92 Å². The van der Waals surface area contributed by atoms with Crippen LogP contribution in [0.3, 0.4) is 0 Å². The van der Waals surface area contributed by atoms with Crippen molar-refractivity contribution in [3.8, 4) is 0 Å². The molecule has 4 heteroatoms. The lowest BCUT2D eigenvalue weighted by Gasteiger charge is -2.19. The highest BCUT2D eigenvalue weighted by molar-refractivity contribution is 6.31. The quantitative estimate of drug-likeness (QED) is 0.781. The highest BCUT2D eigenvalue weighted by Gasteiger charge is 2.21. The van der Waals surface area contributed by atoms with Crippen LogP contribution in [0.2, 0.25) is 5.02 Å². The van der Waals surface area contributed by atoms with E-state index in [4.69, 9.17) is 16.3 Å². The van der Waals surface area contributed by atoms with Crippen LogP contribution in [0.4, 0.5) is 5.69 Å². The van der Waals surface area contributed by atoms with Crippen molar-refractivity contribution in [3.63, 3.8) is 0 Å². The van der Waals surface area contributed by atoms with E-state index in [1.54, 1.807) is 7.11 Å². The molecule has 1 atom stereocenters. The zero-order valence-electron chi connectivity index (χ0n) is 12.5. The van der Waals surface area contributed by atoms with Crippen LogP contribution in [-0.2, 0) is 11.3 Å². The number of hydrogen-bond donors (Lipinski definition) is 1. The third kappa shape index (κ3) is 4.11. The molecule has 1 saturated heterocycles. The average Bonchev–Trinajstić information content (AvgIpc) is 2.94. The van der Waals surface area contributed by atoms with Gasteiger partial charge in [-0.15, -0.1) is 0 Å². The summed E-state index contributed by atoms with van der Waals surface area (Å²) in [7, 11) is 1.71. The van der Waals surface area contributed by atoms with E-state index in [0.717, 1.165) is 49.3 Å². The summed E-state index contributed by atoms with van der Waals surface area (Å²) < 4.78 is 5.02. The molecule has 1 aliphatic rings. The summed E-state index contributed by atoms with van der Waals surface area (Å²) in [6, 6.07) is 6.43. The molecule has 1 unspecified atom stereocenters. The van der Waals surface area contributed by atoms with E-state index in [1.165, 1.54) is 18.5 Å². The molecule has 1 aromatic carbocycles. The number of nitrogens with one attached hydrogen (secondary N) is 1. The molecular weight excluding hydrogens is 272 g/mol. The summed E-state index contributed by atoms with van der Waals surface area (Å²) in [5.74, 6) is 0.837. The first-order chi connectivity index (χ1) is 9.74. The third-order valence-electron chi connectivity index (χ3n) is 4.06. The van der Waals surface area contributed by atoms with Crippen LogP contribution in [-0.4, -0.2) is 33.4 Å². The fourth-order valence-electron chi connectivity index (χ4n) is 2.67. The molecule has 1 aromatic rings. The van der Waals surface area contributed by atoms with E-state index >= 15 is 0 Å². The Bertz CT molecular complexity index is 425. The second-order valence-electron chi connectivity index (χ2n) is 5.45. The fraction of sp³-hybridized carbons (Fsp3) is 0.625. The lowest BCUT2D eigenvalue weighted by atomic mass is 10.1. The van der Waals surface area contributed by atoms with Crippen LogP contribution in [0.15, 0.2) is 18.2 Å². The average molecular weight is 297 g/mol. The summed E-state index contributed by atoms with van der Waals surface area (Å²) in [5, 5.41) is 4.18. The molecule has 112 valence electrons. The lowest BCUT2D eigenvalue weighted by Crippen LogP contribution is -2.20. The molecule has 0 spiro atoms. The van der Waals surface area contributed by atoms with Crippen molar-refractivity contribution in [1.29, 1.82) is 0 Å². The van der Waals surface area contributed by atoms with Crippen LogP contribution >= 0.6 is 11.6 Å². The largest absolute Gasteiger partial charge is 0.383 e. The Morgan fingerprint density at radius 1 is 1.45 bits per heavy atom. The van der Waals surface area contributed by atoms with Gasteiger partial charge in [-0.25, -0.2) is 0 Å². The van der Waals surface area contributed by atoms with E-state index < -0.39 is 0 Å². The van der Waals surface area contributed by atoms with Gasteiger partial charge in [0.25, 0.3) is 0 Å². The van der Waals surface area contributed by atoms with Crippen molar-refractivity contribution in [3.05, 3.63) is 28.8 Å². The molecule has 2 rings (SSSR count). The van der Waals surface area contributed by atoms with Gasteiger partial charge in [0.1, 0.15) is 0 Å². The number of hydrogen-bond acceptors (Lipinski definition) is 3. The number of benzene rings is 1. The maximum atomic E-state index is 6.39. The smallest absolute Gasteiger partial charge is 0.0587 e. The lowest BCUT2D eigenvalue weighted by molar-refractivity contribution is 0.199. The van der Waals surface area contributed by atoms with Crippen molar-refractivity contribution in [2.75, 3.05) is 38.3 Å². The molecule has 1 fully saturated rings. The standard InChI is InChI=1S/C16H25ClN2O/c1-3-13-6-8-19(12-13)15-5-4-14(16(17)10-15)11-18-7-9-20-2/h4-5,10,13,18H,3,6-9,11-12H2,1-2H3. The zero-order valence-corrected chi connectivity index (χ0v) is 13.2. The van der Waals surface area contributed by atoms with Crippen LogP contribution in [0.1, 0.15) is 25.3 Å². The van der Waals surface area contributed by atoms with Gasteiger partial charge >= 0.3 is 0 Å². The normalized spacial score (nSPS) is 18.8. The number of methoxy groups -OCH3 is 1. The molecule has 0 saturated carbocycles. The van der Waals surface area contributed by atoms with E-state index in [9.17, 15) is 0 Å². The number of rotatable bonds is 7. The van der Waals surface area contributed by atoms with Gasteiger partial charge < -0.3 is 15.0 Å². The number of nitrogens with zero attached hydrogens (tertiary/aromatic N) is 1. The molecule has 0 amide bonds. The Morgan fingerprint density at radius 3 is 2.95 bits per heavy atom. The topological polar surface area (TPSA) is 24.5 Å². The Morgan fingerprint density at radius 2 is 2.30 bits per heavy atom. The molecule has 1 heterocycles. The molecule has 0 aliphatic carbocycles. The monoisotopic (exact) mass is 296 g/mol. The molecule has 1 aliphatic heterocycles. The van der Waals surface area contributed by atoms with Gasteiger partial charge in [0, 0.05) is 44.0 Å². The fourth-order valence-corrected chi connectivity index (χ4v) is 2.92. The maximum Gasteiger partial charge on any atom is 0.0587 e. The molecule has 1 N–H and O–H groups in total. The summed E-state index contributed by atoms with van der Waals surface area (Å²) >= 11 is 6.39. The summed E-state index contributed by atoms with van der Waals surface area (Å²) in [6.07, 6.45) is 2.57. The second-order valence-corrected chi connectivity index (χ2v) is 5.86. The van der Waals surface area contributed by atoms with Gasteiger partial charge in [-0.05, 0) is 30.0 Å². The van der Waals surface area contributed by atoms with Crippen LogP contribution < -0.4 is 10.2 Å². The number of ether oxygens (including phenoxy) is 1. The van der Waals surface area contributed by atoms with Crippen molar-refractivity contribution in [2.45, 2.75) is 26.3 Å². The first-order valence-corrected chi connectivity index (χ1v) is 7.85. The molecule has 0 bridgehead atoms. The summed E-state index contributed by atoms with van der Waals surface area (Å²) in [4.78, 5) is 2.45. The van der Waals surface area contributed by atoms with Gasteiger partial charge in [0.05, 0.1) is 6.61 Å². The molecule has 20 heavy (non-hydrogen) atoms. The van der Waals surface area contributed by atoms with E-state index in [2.05, 4.69) is 35.3 Å². The maximum absolute atomic E-state index is 6.39. The summed E-state index contributed by atoms with van der Waals surface area (Å²) in [5.41, 5.74) is 2.41. The predicted octanol–water partition coefficient (Wildman–Crippen LogP) is 3.31. The number of anilines is 1. The summed E-state index contributed by atoms with van der Waals surface area (Å²) in [6.45, 7) is 6.95. The SMILES string of the molecule is CCC1CCN(c2ccc(CNCCOC)c(Cl)c2)C1. The Labute approximate surface area is 127 Å². The Balaban J connectivity index is 1.92. The minimum Gasteiger partial charge on any atom is -0.383 e. The predicted molar refractivity (Wildman–Crippen MR) is 85.6 cm³/mol. The highest BCUT2D eigenvalue weighted by atomic mass is 35.5. The van der Waals surface area contributed by atoms with E-state index in [1.807, 2.05) is 0 Å².